The molecule has 0 aromatic rings. The van der Waals surface area contributed by atoms with Gasteiger partial charge in [0.05, 0.1) is 6.42 Å². The summed E-state index contributed by atoms with van der Waals surface area (Å²) in [5.74, 6) is -1.78. The maximum atomic E-state index is 12.0. The Bertz CT molecular complexity index is 329. The van der Waals surface area contributed by atoms with E-state index in [2.05, 4.69) is 5.32 Å². The van der Waals surface area contributed by atoms with Crippen molar-refractivity contribution in [3.05, 3.63) is 0 Å². The molecule has 2 amide bonds. The van der Waals surface area contributed by atoms with Gasteiger partial charge in [0.15, 0.2) is 0 Å². The van der Waals surface area contributed by atoms with Gasteiger partial charge < -0.3 is 15.3 Å². The molecular formula is C11H18N2O4. The van der Waals surface area contributed by atoms with Gasteiger partial charge in [-0.2, -0.15) is 0 Å². The number of aliphatic carboxylic acids is 1. The first-order valence-electron chi connectivity index (χ1n) is 5.77. The molecule has 1 saturated heterocycles. The number of nitrogens with zero attached hydrogens (tertiary/aromatic N) is 1. The van der Waals surface area contributed by atoms with E-state index in [1.165, 1.54) is 4.90 Å². The molecular weight excluding hydrogens is 224 g/mol. The van der Waals surface area contributed by atoms with E-state index in [9.17, 15) is 14.4 Å². The molecule has 0 aromatic carbocycles. The fourth-order valence-electron chi connectivity index (χ4n) is 1.80. The highest BCUT2D eigenvalue weighted by Gasteiger charge is 2.35. The fourth-order valence-corrected chi connectivity index (χ4v) is 1.80. The zero-order valence-corrected chi connectivity index (χ0v) is 10.1. The average Bonchev–Trinajstić information content (AvgIpc) is 2.29. The quantitative estimate of drug-likeness (QED) is 0.717. The molecule has 1 heterocycles. The molecule has 2 unspecified atom stereocenters. The van der Waals surface area contributed by atoms with Crippen molar-refractivity contribution in [3.63, 3.8) is 0 Å². The molecule has 1 fully saturated rings. The van der Waals surface area contributed by atoms with Crippen molar-refractivity contribution in [2.45, 2.75) is 32.7 Å². The molecule has 0 aromatic heterocycles. The van der Waals surface area contributed by atoms with E-state index in [1.54, 1.807) is 6.92 Å². The number of piperazine rings is 1. The van der Waals surface area contributed by atoms with Crippen LogP contribution in [0.5, 0.6) is 0 Å². The third-order valence-electron chi connectivity index (χ3n) is 3.02. The molecule has 0 bridgehead atoms. The Morgan fingerprint density at radius 1 is 1.59 bits per heavy atom. The van der Waals surface area contributed by atoms with Crippen LogP contribution in [0.3, 0.4) is 0 Å². The summed E-state index contributed by atoms with van der Waals surface area (Å²) >= 11 is 0. The van der Waals surface area contributed by atoms with Crippen LogP contribution in [-0.4, -0.2) is 46.9 Å². The lowest BCUT2D eigenvalue weighted by molar-refractivity contribution is -0.150. The molecule has 2 atom stereocenters. The zero-order valence-electron chi connectivity index (χ0n) is 10.1. The summed E-state index contributed by atoms with van der Waals surface area (Å²) in [6.07, 6.45) is 0.338. The number of carbonyl (C=O) groups excluding carboxylic acids is 2. The van der Waals surface area contributed by atoms with Gasteiger partial charge in [0.2, 0.25) is 11.8 Å². The largest absolute Gasteiger partial charge is 0.481 e. The van der Waals surface area contributed by atoms with E-state index in [1.807, 2.05) is 6.92 Å². The molecule has 17 heavy (non-hydrogen) atoms. The van der Waals surface area contributed by atoms with E-state index in [0.717, 1.165) is 0 Å². The Labute approximate surface area is 100.0 Å². The van der Waals surface area contributed by atoms with Crippen molar-refractivity contribution in [2.75, 3.05) is 13.1 Å². The maximum Gasteiger partial charge on any atom is 0.305 e. The van der Waals surface area contributed by atoms with Crippen molar-refractivity contribution in [3.8, 4) is 0 Å². The van der Waals surface area contributed by atoms with E-state index in [4.69, 9.17) is 5.11 Å². The molecule has 2 N–H and O–H groups in total. The number of carboxylic acids is 1. The first-order valence-corrected chi connectivity index (χ1v) is 5.77. The Kier molecular flexibility index (Phi) is 4.48. The van der Waals surface area contributed by atoms with Crippen LogP contribution in [0.2, 0.25) is 0 Å². The second-order valence-electron chi connectivity index (χ2n) is 4.25. The molecule has 6 heteroatoms. The molecule has 0 aliphatic carbocycles. The molecule has 96 valence electrons. The highest BCUT2D eigenvalue weighted by molar-refractivity contribution is 5.92. The lowest BCUT2D eigenvalue weighted by Gasteiger charge is -2.35. The van der Waals surface area contributed by atoms with Gasteiger partial charge in [-0.25, -0.2) is 0 Å². The normalized spacial score (nSPS) is 21.9. The SMILES string of the molecule is CCC(C)C(=O)N1CCNC(=O)C1CC(=O)O. The van der Waals surface area contributed by atoms with Crippen LogP contribution in [0.4, 0.5) is 0 Å². The summed E-state index contributed by atoms with van der Waals surface area (Å²) in [4.78, 5) is 35.7. The number of nitrogens with one attached hydrogen (secondary N) is 1. The van der Waals surface area contributed by atoms with Gasteiger partial charge in [0, 0.05) is 19.0 Å². The summed E-state index contributed by atoms with van der Waals surface area (Å²) < 4.78 is 0. The number of rotatable bonds is 4. The predicted octanol–water partition coefficient (Wildman–Crippen LogP) is -0.166. The fraction of sp³-hybridized carbons (Fsp3) is 0.727. The van der Waals surface area contributed by atoms with E-state index in [-0.39, 0.29) is 24.2 Å². The Morgan fingerprint density at radius 3 is 2.76 bits per heavy atom. The Hall–Kier alpha value is -1.59. The van der Waals surface area contributed by atoms with Crippen LogP contribution < -0.4 is 5.32 Å². The van der Waals surface area contributed by atoms with Crippen molar-refractivity contribution < 1.29 is 19.5 Å². The van der Waals surface area contributed by atoms with Crippen molar-refractivity contribution in [1.29, 1.82) is 0 Å². The second kappa shape index (κ2) is 5.65. The molecule has 1 rings (SSSR count). The predicted molar refractivity (Wildman–Crippen MR) is 60.2 cm³/mol. The van der Waals surface area contributed by atoms with E-state index in [0.29, 0.717) is 19.5 Å². The number of amides is 2. The summed E-state index contributed by atoms with van der Waals surface area (Å²) in [5.41, 5.74) is 0. The summed E-state index contributed by atoms with van der Waals surface area (Å²) in [6, 6.07) is -0.872. The lowest BCUT2D eigenvalue weighted by Crippen LogP contribution is -2.58. The van der Waals surface area contributed by atoms with Crippen LogP contribution in [0, 0.1) is 5.92 Å². The Balaban J connectivity index is 2.82. The van der Waals surface area contributed by atoms with Gasteiger partial charge in [-0.1, -0.05) is 13.8 Å². The minimum Gasteiger partial charge on any atom is -0.481 e. The van der Waals surface area contributed by atoms with Gasteiger partial charge >= 0.3 is 5.97 Å². The molecule has 6 nitrogen and oxygen atoms in total. The average molecular weight is 242 g/mol. The monoisotopic (exact) mass is 242 g/mol. The van der Waals surface area contributed by atoms with Gasteiger partial charge in [0.25, 0.3) is 0 Å². The summed E-state index contributed by atoms with van der Waals surface area (Å²) in [5, 5.41) is 11.3. The third-order valence-corrected chi connectivity index (χ3v) is 3.02. The standard InChI is InChI=1S/C11H18N2O4/c1-3-7(2)11(17)13-5-4-12-10(16)8(13)6-9(14)15/h7-8H,3-6H2,1-2H3,(H,12,16)(H,14,15). The third kappa shape index (κ3) is 3.18. The lowest BCUT2D eigenvalue weighted by atomic mass is 10.0. The minimum atomic E-state index is -1.07. The summed E-state index contributed by atoms with van der Waals surface area (Å²) in [7, 11) is 0. The van der Waals surface area contributed by atoms with Crippen LogP contribution in [-0.2, 0) is 14.4 Å². The van der Waals surface area contributed by atoms with Crippen molar-refractivity contribution in [2.24, 2.45) is 5.92 Å². The summed E-state index contributed by atoms with van der Waals surface area (Å²) in [6.45, 7) is 4.44. The molecule has 1 aliphatic heterocycles. The maximum absolute atomic E-state index is 12.0. The van der Waals surface area contributed by atoms with Gasteiger partial charge in [0.1, 0.15) is 6.04 Å². The first kappa shape index (κ1) is 13.5. The number of carbonyl (C=O) groups is 3. The van der Waals surface area contributed by atoms with Crippen LogP contribution >= 0.6 is 0 Å². The minimum absolute atomic E-state index is 0.145. The molecule has 0 saturated carbocycles. The van der Waals surface area contributed by atoms with Crippen molar-refractivity contribution in [1.82, 2.24) is 10.2 Å². The van der Waals surface area contributed by atoms with Gasteiger partial charge in [-0.3, -0.25) is 14.4 Å². The molecule has 0 radical (unpaired) electrons. The second-order valence-corrected chi connectivity index (χ2v) is 4.25. The highest BCUT2D eigenvalue weighted by atomic mass is 16.4. The first-order chi connectivity index (χ1) is 7.97. The zero-order chi connectivity index (χ0) is 13.0. The van der Waals surface area contributed by atoms with Crippen LogP contribution in [0.25, 0.3) is 0 Å². The van der Waals surface area contributed by atoms with E-state index < -0.39 is 12.0 Å². The smallest absolute Gasteiger partial charge is 0.305 e. The number of hydrogen-bond acceptors (Lipinski definition) is 3. The van der Waals surface area contributed by atoms with Crippen molar-refractivity contribution >= 4 is 17.8 Å². The van der Waals surface area contributed by atoms with Gasteiger partial charge in [-0.05, 0) is 6.42 Å². The van der Waals surface area contributed by atoms with E-state index >= 15 is 0 Å². The van der Waals surface area contributed by atoms with Crippen LogP contribution in [0.15, 0.2) is 0 Å². The van der Waals surface area contributed by atoms with Crippen LogP contribution in [0.1, 0.15) is 26.7 Å². The topological polar surface area (TPSA) is 86.7 Å². The molecule has 0 spiro atoms. The van der Waals surface area contributed by atoms with Gasteiger partial charge in [-0.15, -0.1) is 0 Å². The molecule has 1 aliphatic rings. The highest BCUT2D eigenvalue weighted by Crippen LogP contribution is 2.14. The Morgan fingerprint density at radius 2 is 2.24 bits per heavy atom. The number of hydrogen-bond donors (Lipinski definition) is 2. The number of carboxylic acid groups (broad SMARTS) is 1.